The summed E-state index contributed by atoms with van der Waals surface area (Å²) in [6.07, 6.45) is -5.11. The summed E-state index contributed by atoms with van der Waals surface area (Å²) in [6.45, 7) is -0.226. The van der Waals surface area contributed by atoms with Gasteiger partial charge < -0.3 is 15.5 Å². The zero-order valence-electron chi connectivity index (χ0n) is 12.0. The third-order valence-corrected chi connectivity index (χ3v) is 3.32. The second-order valence-electron chi connectivity index (χ2n) is 5.08. The Hall–Kier alpha value is -2.70. The first-order chi connectivity index (χ1) is 10.9. The number of anilines is 2. The van der Waals surface area contributed by atoms with Crippen molar-refractivity contribution in [3.8, 4) is 11.5 Å². The maximum Gasteiger partial charge on any atom is 0.390 e. The van der Waals surface area contributed by atoms with E-state index in [-0.39, 0.29) is 6.54 Å². The quantitative estimate of drug-likeness (QED) is 0.697. The molecule has 0 atom stereocenters. The molecule has 0 aliphatic rings. The van der Waals surface area contributed by atoms with Crippen molar-refractivity contribution in [2.75, 3.05) is 17.6 Å². The molecule has 0 aliphatic heterocycles. The van der Waals surface area contributed by atoms with Crippen LogP contribution in [0, 0.1) is 0 Å². The summed E-state index contributed by atoms with van der Waals surface area (Å²) in [4.78, 5) is 4.36. The number of benzene rings is 2. The number of oxazole rings is 1. The average molecular weight is 321 g/mol. The van der Waals surface area contributed by atoms with Crippen LogP contribution in [-0.4, -0.2) is 17.7 Å². The topological polar surface area (TPSA) is 64.1 Å². The Balaban J connectivity index is 1.78. The lowest BCUT2D eigenvalue weighted by Crippen LogP contribution is -2.15. The number of nitrogens with two attached hydrogens (primary N) is 1. The predicted octanol–water partition coefficient (Wildman–Crippen LogP) is 4.44. The van der Waals surface area contributed by atoms with E-state index < -0.39 is 12.6 Å². The van der Waals surface area contributed by atoms with Gasteiger partial charge >= 0.3 is 6.18 Å². The van der Waals surface area contributed by atoms with Crippen molar-refractivity contribution in [3.63, 3.8) is 0 Å². The van der Waals surface area contributed by atoms with Crippen LogP contribution < -0.4 is 11.1 Å². The maximum atomic E-state index is 12.2. The van der Waals surface area contributed by atoms with Gasteiger partial charge in [0.05, 0.1) is 17.8 Å². The number of para-hydroxylation sites is 2. The van der Waals surface area contributed by atoms with E-state index >= 15 is 0 Å². The molecule has 23 heavy (non-hydrogen) atoms. The summed E-state index contributed by atoms with van der Waals surface area (Å²) in [5.41, 5.74) is 8.74. The summed E-state index contributed by atoms with van der Waals surface area (Å²) in [5.74, 6) is 0.416. The van der Waals surface area contributed by atoms with Gasteiger partial charge in [-0.3, -0.25) is 0 Å². The molecule has 7 heteroatoms. The van der Waals surface area contributed by atoms with Gasteiger partial charge in [0.2, 0.25) is 5.89 Å². The first kappa shape index (κ1) is 15.2. The molecule has 3 N–H and O–H groups in total. The van der Waals surface area contributed by atoms with E-state index in [2.05, 4.69) is 10.3 Å². The highest BCUT2D eigenvalue weighted by Gasteiger charge is 2.26. The van der Waals surface area contributed by atoms with Crippen LogP contribution in [0.4, 0.5) is 24.5 Å². The first-order valence-electron chi connectivity index (χ1n) is 6.98. The first-order valence-corrected chi connectivity index (χ1v) is 6.98. The molecular weight excluding hydrogens is 307 g/mol. The van der Waals surface area contributed by atoms with Gasteiger partial charge in [0.15, 0.2) is 5.58 Å². The van der Waals surface area contributed by atoms with Crippen molar-refractivity contribution in [2.45, 2.75) is 12.6 Å². The number of halogens is 3. The Morgan fingerprint density at radius 3 is 2.61 bits per heavy atom. The molecule has 0 saturated carbocycles. The summed E-state index contributed by atoms with van der Waals surface area (Å²) in [7, 11) is 0. The van der Waals surface area contributed by atoms with Crippen molar-refractivity contribution in [3.05, 3.63) is 42.5 Å². The monoisotopic (exact) mass is 321 g/mol. The Morgan fingerprint density at radius 2 is 1.91 bits per heavy atom. The fourth-order valence-electron chi connectivity index (χ4n) is 2.19. The van der Waals surface area contributed by atoms with Crippen molar-refractivity contribution < 1.29 is 17.6 Å². The average Bonchev–Trinajstić information content (AvgIpc) is 2.91. The molecular formula is C16H14F3N3O. The molecule has 0 radical (unpaired) electrons. The molecule has 1 heterocycles. The predicted molar refractivity (Wildman–Crippen MR) is 83.0 cm³/mol. The van der Waals surface area contributed by atoms with Gasteiger partial charge in [-0.1, -0.05) is 12.1 Å². The van der Waals surface area contributed by atoms with E-state index in [9.17, 15) is 13.2 Å². The molecule has 3 aromatic rings. The highest BCUT2D eigenvalue weighted by Crippen LogP contribution is 2.29. The lowest BCUT2D eigenvalue weighted by Gasteiger charge is -2.11. The van der Waals surface area contributed by atoms with E-state index in [0.29, 0.717) is 28.4 Å². The van der Waals surface area contributed by atoms with Gasteiger partial charge in [0.25, 0.3) is 0 Å². The minimum atomic E-state index is -4.19. The third-order valence-electron chi connectivity index (χ3n) is 3.32. The van der Waals surface area contributed by atoms with E-state index in [0.717, 1.165) is 5.52 Å². The number of nitrogens with one attached hydrogen (secondary N) is 1. The molecule has 1 aromatic heterocycles. The van der Waals surface area contributed by atoms with Crippen molar-refractivity contribution in [2.24, 2.45) is 0 Å². The fraction of sp³-hybridized carbons (Fsp3) is 0.188. The number of aromatic nitrogens is 1. The van der Waals surface area contributed by atoms with Crippen LogP contribution in [0.25, 0.3) is 22.6 Å². The number of nitrogen functional groups attached to an aromatic ring is 1. The number of fused-ring (bicyclic) bond motifs is 1. The van der Waals surface area contributed by atoms with E-state index in [1.807, 2.05) is 24.3 Å². The van der Waals surface area contributed by atoms with E-state index in [1.54, 1.807) is 18.2 Å². The summed E-state index contributed by atoms with van der Waals surface area (Å²) in [6, 6.07) is 12.3. The van der Waals surface area contributed by atoms with Crippen molar-refractivity contribution >= 4 is 22.5 Å². The zero-order valence-corrected chi connectivity index (χ0v) is 12.0. The van der Waals surface area contributed by atoms with Gasteiger partial charge in [-0.05, 0) is 30.3 Å². The Labute approximate surface area is 130 Å². The fourth-order valence-corrected chi connectivity index (χ4v) is 2.19. The second-order valence-corrected chi connectivity index (χ2v) is 5.08. The number of nitrogens with zero attached hydrogens (tertiary/aromatic N) is 1. The summed E-state index contributed by atoms with van der Waals surface area (Å²) < 4.78 is 42.1. The molecule has 0 bridgehead atoms. The van der Waals surface area contributed by atoms with E-state index in [4.69, 9.17) is 10.2 Å². The van der Waals surface area contributed by atoms with Crippen LogP contribution in [0.2, 0.25) is 0 Å². The highest BCUT2D eigenvalue weighted by molar-refractivity contribution is 5.78. The third kappa shape index (κ3) is 3.56. The molecule has 0 saturated heterocycles. The van der Waals surface area contributed by atoms with Crippen LogP contribution in [0.3, 0.4) is 0 Å². The van der Waals surface area contributed by atoms with Gasteiger partial charge in [-0.25, -0.2) is 4.98 Å². The summed E-state index contributed by atoms with van der Waals surface area (Å²) >= 11 is 0. The molecule has 0 aliphatic carbocycles. The maximum absolute atomic E-state index is 12.2. The Bertz CT molecular complexity index is 794. The minimum Gasteiger partial charge on any atom is -0.436 e. The van der Waals surface area contributed by atoms with Crippen LogP contribution in [0.1, 0.15) is 6.42 Å². The molecule has 3 rings (SSSR count). The van der Waals surface area contributed by atoms with Crippen LogP contribution >= 0.6 is 0 Å². The Kier molecular flexibility index (Phi) is 3.85. The standard InChI is InChI=1S/C16H14F3N3O/c17-16(18,19)7-8-21-12-6-5-10(9-11(12)20)15-22-13-3-1-2-4-14(13)23-15/h1-6,9,21H,7-8,20H2. The smallest absolute Gasteiger partial charge is 0.390 e. The lowest BCUT2D eigenvalue weighted by atomic mass is 10.1. The number of rotatable bonds is 4. The lowest BCUT2D eigenvalue weighted by molar-refractivity contribution is -0.131. The van der Waals surface area contributed by atoms with Crippen LogP contribution in [0.15, 0.2) is 46.9 Å². The number of alkyl halides is 3. The highest BCUT2D eigenvalue weighted by atomic mass is 19.4. The second kappa shape index (κ2) is 5.83. The zero-order chi connectivity index (χ0) is 16.4. The SMILES string of the molecule is Nc1cc(-c2nc3ccccc3o2)ccc1NCCC(F)(F)F. The van der Waals surface area contributed by atoms with Gasteiger partial charge in [-0.2, -0.15) is 13.2 Å². The van der Waals surface area contributed by atoms with Crippen LogP contribution in [-0.2, 0) is 0 Å². The molecule has 0 unspecified atom stereocenters. The van der Waals surface area contributed by atoms with Crippen LogP contribution in [0.5, 0.6) is 0 Å². The number of hydrogen-bond donors (Lipinski definition) is 2. The van der Waals surface area contributed by atoms with Gasteiger partial charge in [0, 0.05) is 12.1 Å². The Morgan fingerprint density at radius 1 is 1.13 bits per heavy atom. The van der Waals surface area contributed by atoms with E-state index in [1.165, 1.54) is 0 Å². The molecule has 0 fully saturated rings. The molecule has 4 nitrogen and oxygen atoms in total. The molecule has 0 amide bonds. The largest absolute Gasteiger partial charge is 0.436 e. The van der Waals surface area contributed by atoms with Gasteiger partial charge in [0.1, 0.15) is 5.52 Å². The van der Waals surface area contributed by atoms with Crippen molar-refractivity contribution in [1.82, 2.24) is 4.98 Å². The minimum absolute atomic E-state index is 0.226. The summed E-state index contributed by atoms with van der Waals surface area (Å²) in [5, 5.41) is 2.68. The van der Waals surface area contributed by atoms with Gasteiger partial charge in [-0.15, -0.1) is 0 Å². The molecule has 2 aromatic carbocycles. The molecule has 0 spiro atoms. The number of hydrogen-bond acceptors (Lipinski definition) is 4. The molecule has 120 valence electrons. The normalized spacial score (nSPS) is 11.8. The van der Waals surface area contributed by atoms with Crippen molar-refractivity contribution in [1.29, 1.82) is 0 Å².